The third kappa shape index (κ3) is 2.73. The van der Waals surface area contributed by atoms with Crippen LogP contribution in [0.4, 0.5) is 11.6 Å². The van der Waals surface area contributed by atoms with Crippen LogP contribution in [0.3, 0.4) is 0 Å². The van der Waals surface area contributed by atoms with Gasteiger partial charge in [-0.1, -0.05) is 0 Å². The number of hydrogen-bond donors (Lipinski definition) is 1. The molecule has 0 aromatic carbocycles. The Morgan fingerprint density at radius 1 is 1.59 bits per heavy atom. The van der Waals surface area contributed by atoms with Gasteiger partial charge < -0.3 is 20.1 Å². The summed E-state index contributed by atoms with van der Waals surface area (Å²) in [6.07, 6.45) is 0.579. The summed E-state index contributed by atoms with van der Waals surface area (Å²) in [5.74, 6) is 0.988. The zero-order chi connectivity index (χ0) is 13.0. The molecule has 1 N–H and O–H groups in total. The monoisotopic (exact) mass is 242 g/mol. The van der Waals surface area contributed by atoms with E-state index in [4.69, 9.17) is 5.11 Å². The van der Waals surface area contributed by atoms with Gasteiger partial charge in [0.2, 0.25) is 11.6 Å². The van der Waals surface area contributed by atoms with E-state index in [0.29, 0.717) is 31.2 Å². The molecule has 0 saturated heterocycles. The molecule has 0 spiro atoms. The SMILES string of the molecule is CCN(CCCO)c1c([N+](=O)[O-])nc(C)n1C. The van der Waals surface area contributed by atoms with E-state index in [0.717, 1.165) is 0 Å². The van der Waals surface area contributed by atoms with Crippen molar-refractivity contribution in [1.82, 2.24) is 9.55 Å². The Kier molecular flexibility index (Phi) is 4.45. The predicted molar refractivity (Wildman–Crippen MR) is 64.2 cm³/mol. The van der Waals surface area contributed by atoms with Crippen LogP contribution in [-0.4, -0.2) is 39.3 Å². The first kappa shape index (κ1) is 13.4. The first-order valence-corrected chi connectivity index (χ1v) is 5.56. The highest BCUT2D eigenvalue weighted by atomic mass is 16.6. The normalized spacial score (nSPS) is 10.6. The second kappa shape index (κ2) is 5.62. The van der Waals surface area contributed by atoms with Crippen molar-refractivity contribution in [3.8, 4) is 0 Å². The van der Waals surface area contributed by atoms with Crippen LogP contribution < -0.4 is 4.90 Å². The number of anilines is 1. The molecular formula is C10H18N4O3. The lowest BCUT2D eigenvalue weighted by Gasteiger charge is -2.21. The summed E-state index contributed by atoms with van der Waals surface area (Å²) in [4.78, 5) is 16.3. The summed E-state index contributed by atoms with van der Waals surface area (Å²) in [5.41, 5.74) is 0. The van der Waals surface area contributed by atoms with E-state index < -0.39 is 4.92 Å². The smallest absolute Gasteiger partial charge is 0.396 e. The number of nitro groups is 1. The Morgan fingerprint density at radius 2 is 2.24 bits per heavy atom. The molecule has 0 amide bonds. The summed E-state index contributed by atoms with van der Waals surface area (Å²) in [5, 5.41) is 19.8. The van der Waals surface area contributed by atoms with Crippen molar-refractivity contribution >= 4 is 11.6 Å². The van der Waals surface area contributed by atoms with Crippen molar-refractivity contribution in [2.75, 3.05) is 24.6 Å². The fourth-order valence-electron chi connectivity index (χ4n) is 1.73. The minimum absolute atomic E-state index is 0.0706. The summed E-state index contributed by atoms with van der Waals surface area (Å²) < 4.78 is 1.71. The van der Waals surface area contributed by atoms with E-state index in [2.05, 4.69) is 4.98 Å². The maximum Gasteiger partial charge on any atom is 0.406 e. The van der Waals surface area contributed by atoms with Crippen LogP contribution in [0.25, 0.3) is 0 Å². The van der Waals surface area contributed by atoms with E-state index >= 15 is 0 Å². The molecule has 96 valence electrons. The van der Waals surface area contributed by atoms with Crippen LogP contribution in [-0.2, 0) is 7.05 Å². The van der Waals surface area contributed by atoms with Gasteiger partial charge in [-0.25, -0.2) is 0 Å². The zero-order valence-corrected chi connectivity index (χ0v) is 10.4. The minimum atomic E-state index is -0.468. The number of aliphatic hydroxyl groups is 1. The van der Waals surface area contributed by atoms with Crippen LogP contribution in [0.2, 0.25) is 0 Å². The maximum absolute atomic E-state index is 10.9. The number of aliphatic hydroxyl groups excluding tert-OH is 1. The number of nitrogens with zero attached hydrogens (tertiary/aromatic N) is 4. The number of rotatable bonds is 6. The first-order chi connectivity index (χ1) is 8.02. The Labute approximate surface area is 99.8 Å². The highest BCUT2D eigenvalue weighted by molar-refractivity contribution is 5.55. The third-order valence-electron chi connectivity index (χ3n) is 2.71. The van der Waals surface area contributed by atoms with Gasteiger partial charge in [0.05, 0.1) is 0 Å². The molecule has 1 heterocycles. The van der Waals surface area contributed by atoms with Gasteiger partial charge in [-0.05, 0) is 23.3 Å². The molecule has 0 saturated carbocycles. The summed E-state index contributed by atoms with van der Waals surface area (Å²) in [6, 6.07) is 0. The van der Waals surface area contributed by atoms with Gasteiger partial charge in [0.1, 0.15) is 0 Å². The van der Waals surface area contributed by atoms with Gasteiger partial charge in [0.15, 0.2) is 0 Å². The van der Waals surface area contributed by atoms with Gasteiger partial charge in [-0.2, -0.15) is 0 Å². The Morgan fingerprint density at radius 3 is 2.71 bits per heavy atom. The lowest BCUT2D eigenvalue weighted by molar-refractivity contribution is -0.388. The third-order valence-corrected chi connectivity index (χ3v) is 2.71. The molecule has 0 fully saturated rings. The van der Waals surface area contributed by atoms with Crippen LogP contribution in [0.15, 0.2) is 0 Å². The average molecular weight is 242 g/mol. The molecule has 0 aliphatic heterocycles. The molecule has 7 heteroatoms. The molecule has 1 rings (SSSR count). The minimum Gasteiger partial charge on any atom is -0.396 e. The van der Waals surface area contributed by atoms with Crippen molar-refractivity contribution in [3.63, 3.8) is 0 Å². The number of aromatic nitrogens is 2. The Bertz CT molecular complexity index is 403. The largest absolute Gasteiger partial charge is 0.406 e. The van der Waals surface area contributed by atoms with Crippen molar-refractivity contribution in [3.05, 3.63) is 15.9 Å². The fraction of sp³-hybridized carbons (Fsp3) is 0.700. The second-order valence-electron chi connectivity index (χ2n) is 3.78. The lowest BCUT2D eigenvalue weighted by Crippen LogP contribution is -2.27. The summed E-state index contributed by atoms with van der Waals surface area (Å²) >= 11 is 0. The van der Waals surface area contributed by atoms with Crippen LogP contribution >= 0.6 is 0 Å². The van der Waals surface area contributed by atoms with Crippen LogP contribution in [0, 0.1) is 17.0 Å². The molecule has 7 nitrogen and oxygen atoms in total. The molecule has 0 bridgehead atoms. The van der Waals surface area contributed by atoms with Gasteiger partial charge in [-0.3, -0.25) is 4.57 Å². The number of aryl methyl sites for hydroxylation is 1. The van der Waals surface area contributed by atoms with Gasteiger partial charge in [-0.15, -0.1) is 0 Å². The molecule has 0 aliphatic rings. The van der Waals surface area contributed by atoms with Crippen molar-refractivity contribution in [1.29, 1.82) is 0 Å². The zero-order valence-electron chi connectivity index (χ0n) is 10.4. The molecule has 17 heavy (non-hydrogen) atoms. The quantitative estimate of drug-likeness (QED) is 0.590. The fourth-order valence-corrected chi connectivity index (χ4v) is 1.73. The average Bonchev–Trinajstić information content (AvgIpc) is 2.58. The molecule has 0 radical (unpaired) electrons. The predicted octanol–water partition coefficient (Wildman–Crippen LogP) is 0.845. The van der Waals surface area contributed by atoms with E-state index in [1.54, 1.807) is 18.5 Å². The van der Waals surface area contributed by atoms with Gasteiger partial charge in [0.25, 0.3) is 0 Å². The van der Waals surface area contributed by atoms with E-state index in [1.165, 1.54) is 0 Å². The van der Waals surface area contributed by atoms with E-state index in [9.17, 15) is 10.1 Å². The number of hydrogen-bond acceptors (Lipinski definition) is 5. The second-order valence-corrected chi connectivity index (χ2v) is 3.78. The lowest BCUT2D eigenvalue weighted by atomic mass is 10.4. The van der Waals surface area contributed by atoms with E-state index in [-0.39, 0.29) is 12.4 Å². The summed E-state index contributed by atoms with van der Waals surface area (Å²) in [6.45, 7) is 4.94. The Balaban J connectivity index is 3.12. The van der Waals surface area contributed by atoms with Gasteiger partial charge in [0, 0.05) is 33.7 Å². The molecule has 0 unspecified atom stereocenters. The first-order valence-electron chi connectivity index (χ1n) is 5.56. The number of imidazole rings is 1. The van der Waals surface area contributed by atoms with Crippen molar-refractivity contribution < 1.29 is 10.0 Å². The molecule has 1 aromatic rings. The molecular weight excluding hydrogens is 224 g/mol. The topological polar surface area (TPSA) is 84.4 Å². The Hall–Kier alpha value is -1.63. The standard InChI is InChI=1S/C10H18N4O3/c1-4-13(6-5-7-15)10-9(14(16)17)11-8(2)12(10)3/h15H,4-7H2,1-3H3. The van der Waals surface area contributed by atoms with Crippen LogP contribution in [0.5, 0.6) is 0 Å². The summed E-state index contributed by atoms with van der Waals surface area (Å²) in [7, 11) is 1.76. The van der Waals surface area contributed by atoms with E-state index in [1.807, 2.05) is 11.8 Å². The van der Waals surface area contributed by atoms with Gasteiger partial charge >= 0.3 is 5.82 Å². The highest BCUT2D eigenvalue weighted by Gasteiger charge is 2.27. The molecule has 1 aromatic heterocycles. The molecule has 0 aliphatic carbocycles. The van der Waals surface area contributed by atoms with Crippen molar-refractivity contribution in [2.45, 2.75) is 20.3 Å². The van der Waals surface area contributed by atoms with Crippen molar-refractivity contribution in [2.24, 2.45) is 7.05 Å². The van der Waals surface area contributed by atoms with Crippen LogP contribution in [0.1, 0.15) is 19.2 Å². The molecule has 0 atom stereocenters. The highest BCUT2D eigenvalue weighted by Crippen LogP contribution is 2.27. The maximum atomic E-state index is 10.9.